The summed E-state index contributed by atoms with van der Waals surface area (Å²) in [4.78, 5) is 1.69. The van der Waals surface area contributed by atoms with Gasteiger partial charge in [-0.3, -0.25) is 0 Å². The summed E-state index contributed by atoms with van der Waals surface area (Å²) in [7, 11) is 3.22. The zero-order valence-corrected chi connectivity index (χ0v) is 22.2. The molecule has 1 heterocycles. The molecule has 40 heavy (non-hydrogen) atoms. The lowest BCUT2D eigenvalue weighted by Gasteiger charge is -2.34. The van der Waals surface area contributed by atoms with E-state index in [9.17, 15) is 0 Å². The molecule has 0 saturated carbocycles. The van der Waals surface area contributed by atoms with E-state index >= 15 is 0 Å². The highest BCUT2D eigenvalue weighted by Gasteiger charge is 2.41. The van der Waals surface area contributed by atoms with Crippen LogP contribution in [-0.2, 0) is 5.54 Å². The third-order valence-electron chi connectivity index (χ3n) is 7.09. The number of methoxy groups -OCH3 is 2. The van der Waals surface area contributed by atoms with E-state index in [-0.39, 0.29) is 0 Å². The molecule has 0 amide bonds. The molecule has 6 rings (SSSR count). The molecule has 6 nitrogen and oxygen atoms in total. The van der Waals surface area contributed by atoms with E-state index in [1.165, 1.54) is 0 Å². The highest BCUT2D eigenvalue weighted by atomic mass is 16.5. The number of nitrogens with zero attached hydrogens (tertiary/aromatic N) is 4. The molecule has 0 aliphatic carbocycles. The number of ether oxygens (including phenoxy) is 2. The maximum absolute atomic E-state index is 8.39. The monoisotopic (exact) mass is 525 g/mol. The predicted octanol–water partition coefficient (Wildman–Crippen LogP) is 6.86. The van der Waals surface area contributed by atoms with Gasteiger partial charge in [0, 0.05) is 5.56 Å². The normalized spacial score (nSPS) is 11.6. The van der Waals surface area contributed by atoms with Gasteiger partial charge in [-0.2, -0.15) is 0 Å². The lowest BCUT2D eigenvalue weighted by molar-refractivity contribution is 0.355. The number of rotatable bonds is 8. The second-order valence-electron chi connectivity index (χ2n) is 9.25. The summed E-state index contributed by atoms with van der Waals surface area (Å²) < 4.78 is 19.4. The van der Waals surface area contributed by atoms with Crippen molar-refractivity contribution in [2.24, 2.45) is 0 Å². The van der Waals surface area contributed by atoms with Crippen LogP contribution in [0.4, 0.5) is 0 Å². The standard InChI is InChI=1S/C34H28N4O2/c1-39-31-23-22-25(24-32(31)40-2)29-20-12-13-21-30(29)33-35-37-38(36-33)34(26-14-6-3-7-15-26,27-16-8-4-9-17-27)28-18-10-5-11-19-28/h3-24H,1-2H3/i13D. The van der Waals surface area contributed by atoms with Crippen molar-refractivity contribution in [1.82, 2.24) is 20.2 Å². The third kappa shape index (κ3) is 4.29. The summed E-state index contributed by atoms with van der Waals surface area (Å²) in [6.07, 6.45) is 0. The van der Waals surface area contributed by atoms with Crippen LogP contribution in [0.5, 0.6) is 11.5 Å². The first kappa shape index (κ1) is 23.9. The van der Waals surface area contributed by atoms with E-state index in [2.05, 4.69) is 46.7 Å². The fourth-order valence-corrected chi connectivity index (χ4v) is 5.22. The molecule has 0 aliphatic heterocycles. The lowest BCUT2D eigenvalue weighted by atomic mass is 9.77. The van der Waals surface area contributed by atoms with Crippen LogP contribution in [0.1, 0.15) is 18.1 Å². The molecular formula is C34H28N4O2. The summed E-state index contributed by atoms with van der Waals surface area (Å²) in [6.45, 7) is 0. The number of hydrogen-bond acceptors (Lipinski definition) is 5. The molecule has 0 radical (unpaired) electrons. The van der Waals surface area contributed by atoms with Gasteiger partial charge >= 0.3 is 0 Å². The van der Waals surface area contributed by atoms with Gasteiger partial charge in [0.2, 0.25) is 5.82 Å². The molecular weight excluding hydrogens is 496 g/mol. The van der Waals surface area contributed by atoms with Crippen molar-refractivity contribution in [2.75, 3.05) is 14.2 Å². The number of hydrogen-bond donors (Lipinski definition) is 0. The Kier molecular flexibility index (Phi) is 6.48. The minimum Gasteiger partial charge on any atom is -0.493 e. The second-order valence-corrected chi connectivity index (χ2v) is 9.25. The molecule has 6 aromatic rings. The Morgan fingerprint density at radius 2 is 1.20 bits per heavy atom. The van der Waals surface area contributed by atoms with Crippen LogP contribution < -0.4 is 9.47 Å². The minimum absolute atomic E-state index is 0.348. The maximum atomic E-state index is 8.39. The van der Waals surface area contributed by atoms with Crippen LogP contribution in [0.2, 0.25) is 0 Å². The molecule has 0 N–H and O–H groups in total. The van der Waals surface area contributed by atoms with E-state index in [0.717, 1.165) is 27.8 Å². The van der Waals surface area contributed by atoms with Crippen molar-refractivity contribution >= 4 is 0 Å². The van der Waals surface area contributed by atoms with Crippen LogP contribution in [0.25, 0.3) is 22.5 Å². The van der Waals surface area contributed by atoms with Gasteiger partial charge in [-0.1, -0.05) is 121 Å². The summed E-state index contributed by atoms with van der Waals surface area (Å²) in [6, 6.07) is 42.1. The smallest absolute Gasteiger partial charge is 0.205 e. The Morgan fingerprint density at radius 3 is 1.75 bits per heavy atom. The molecule has 0 atom stereocenters. The molecule has 0 fully saturated rings. The van der Waals surface area contributed by atoms with Gasteiger partial charge in [-0.05, 0) is 45.2 Å². The van der Waals surface area contributed by atoms with Gasteiger partial charge < -0.3 is 9.47 Å². The Labute approximate surface area is 234 Å². The molecule has 196 valence electrons. The Hall–Kier alpha value is -5.23. The first-order valence-corrected chi connectivity index (χ1v) is 13.0. The maximum Gasteiger partial charge on any atom is 0.205 e. The van der Waals surface area contributed by atoms with Gasteiger partial charge in [-0.25, -0.2) is 0 Å². The van der Waals surface area contributed by atoms with E-state index < -0.39 is 5.54 Å². The minimum atomic E-state index is -0.892. The number of benzene rings is 5. The van der Waals surface area contributed by atoms with E-state index in [0.29, 0.717) is 28.9 Å². The quantitative estimate of drug-likeness (QED) is 0.203. The van der Waals surface area contributed by atoms with Crippen molar-refractivity contribution in [2.45, 2.75) is 5.54 Å². The van der Waals surface area contributed by atoms with Crippen molar-refractivity contribution in [3.63, 3.8) is 0 Å². The molecule has 0 spiro atoms. The summed E-state index contributed by atoms with van der Waals surface area (Å²) in [5, 5.41) is 14.3. The van der Waals surface area contributed by atoms with Gasteiger partial charge in [-0.15, -0.1) is 15.0 Å². The Balaban J connectivity index is 1.58. The predicted molar refractivity (Wildman–Crippen MR) is 156 cm³/mol. The van der Waals surface area contributed by atoms with E-state index in [1.54, 1.807) is 31.1 Å². The molecule has 0 saturated heterocycles. The van der Waals surface area contributed by atoms with Crippen molar-refractivity contribution in [3.8, 4) is 34.0 Å². The highest BCUT2D eigenvalue weighted by Crippen LogP contribution is 2.41. The zero-order chi connectivity index (χ0) is 28.2. The van der Waals surface area contributed by atoms with Crippen LogP contribution in [0.15, 0.2) is 133 Å². The Bertz CT molecular complexity index is 1680. The average molecular weight is 526 g/mol. The van der Waals surface area contributed by atoms with E-state index in [4.69, 9.17) is 15.9 Å². The van der Waals surface area contributed by atoms with E-state index in [1.807, 2.05) is 78.9 Å². The third-order valence-corrected chi connectivity index (χ3v) is 7.09. The van der Waals surface area contributed by atoms with Crippen LogP contribution in [0.3, 0.4) is 0 Å². The largest absolute Gasteiger partial charge is 0.493 e. The summed E-state index contributed by atoms with van der Waals surface area (Å²) >= 11 is 0. The van der Waals surface area contributed by atoms with Gasteiger partial charge in [0.1, 0.15) is 0 Å². The molecule has 1 aromatic heterocycles. The fourth-order valence-electron chi connectivity index (χ4n) is 5.22. The lowest BCUT2D eigenvalue weighted by Crippen LogP contribution is -2.39. The molecule has 0 unspecified atom stereocenters. The van der Waals surface area contributed by atoms with Crippen molar-refractivity contribution in [3.05, 3.63) is 150 Å². The van der Waals surface area contributed by atoms with Crippen molar-refractivity contribution < 1.29 is 10.8 Å². The number of tetrazole rings is 1. The summed E-state index contributed by atoms with van der Waals surface area (Å²) in [5.74, 6) is 1.66. The van der Waals surface area contributed by atoms with Gasteiger partial charge in [0.25, 0.3) is 0 Å². The molecule has 0 bridgehead atoms. The number of aromatic nitrogens is 4. The fraction of sp³-hybridized carbons (Fsp3) is 0.0882. The SMILES string of the molecule is [2H]c1ccc(-c2ccc(OC)c(OC)c2)c(-c2nnn(C(c3ccccc3)(c3ccccc3)c3ccccc3)n2)c1. The van der Waals surface area contributed by atoms with Gasteiger partial charge in [0.05, 0.1) is 15.6 Å². The Morgan fingerprint density at radius 1 is 0.625 bits per heavy atom. The average Bonchev–Trinajstić information content (AvgIpc) is 3.53. The highest BCUT2D eigenvalue weighted by molar-refractivity contribution is 5.81. The van der Waals surface area contributed by atoms with Crippen molar-refractivity contribution in [1.29, 1.82) is 0 Å². The molecule has 0 aliphatic rings. The second kappa shape index (κ2) is 10.9. The van der Waals surface area contributed by atoms with Crippen LogP contribution in [0, 0.1) is 0 Å². The summed E-state index contributed by atoms with van der Waals surface area (Å²) in [5.41, 5.74) is 4.53. The first-order valence-electron chi connectivity index (χ1n) is 13.5. The van der Waals surface area contributed by atoms with Crippen LogP contribution >= 0.6 is 0 Å². The topological polar surface area (TPSA) is 62.1 Å². The van der Waals surface area contributed by atoms with Crippen LogP contribution in [-0.4, -0.2) is 34.4 Å². The van der Waals surface area contributed by atoms with Gasteiger partial charge in [0.15, 0.2) is 17.0 Å². The zero-order valence-electron chi connectivity index (χ0n) is 23.2. The molecule has 5 aromatic carbocycles. The first-order chi connectivity index (χ1) is 20.1. The molecule has 6 heteroatoms.